The molecule has 0 heterocycles. The third-order valence-electron chi connectivity index (χ3n) is 4.59. The van der Waals surface area contributed by atoms with Crippen molar-refractivity contribution in [1.29, 1.82) is 0 Å². The van der Waals surface area contributed by atoms with Gasteiger partial charge in [0.05, 0.1) is 17.6 Å². The zero-order chi connectivity index (χ0) is 23.1. The molecule has 166 valence electrons. The molecule has 0 aromatic heterocycles. The Hall–Kier alpha value is -3.20. The second-order valence-corrected chi connectivity index (χ2v) is 9.03. The van der Waals surface area contributed by atoms with Crippen LogP contribution in [0.15, 0.2) is 83.8 Å². The summed E-state index contributed by atoms with van der Waals surface area (Å²) in [6.45, 7) is 0. The molecular weight excluding hydrogens is 452 g/mol. The average Bonchev–Trinajstić information content (AvgIpc) is 2.79. The second kappa shape index (κ2) is 10.4. The van der Waals surface area contributed by atoms with Gasteiger partial charge < -0.3 is 10.1 Å². The van der Waals surface area contributed by atoms with Crippen molar-refractivity contribution in [2.75, 3.05) is 12.4 Å². The molecule has 3 aromatic carbocycles. The van der Waals surface area contributed by atoms with E-state index in [9.17, 15) is 18.0 Å². The number of carbonyl (C=O) groups excluding carboxylic acids is 2. The smallest absolute Gasteiger partial charge is 0.337 e. The molecule has 0 radical (unpaired) electrons. The number of halogens is 1. The van der Waals surface area contributed by atoms with Gasteiger partial charge in [0, 0.05) is 10.7 Å². The van der Waals surface area contributed by atoms with Crippen LogP contribution in [0.25, 0.3) is 0 Å². The number of ether oxygens (including phenoxy) is 1. The van der Waals surface area contributed by atoms with Crippen LogP contribution in [0.1, 0.15) is 15.9 Å². The van der Waals surface area contributed by atoms with E-state index < -0.39 is 27.9 Å². The highest BCUT2D eigenvalue weighted by molar-refractivity contribution is 7.89. The van der Waals surface area contributed by atoms with Crippen molar-refractivity contribution in [1.82, 2.24) is 4.72 Å². The molecule has 7 nitrogen and oxygen atoms in total. The Kier molecular flexibility index (Phi) is 7.63. The van der Waals surface area contributed by atoms with Crippen molar-refractivity contribution < 1.29 is 22.7 Å². The predicted molar refractivity (Wildman–Crippen MR) is 122 cm³/mol. The third-order valence-corrected chi connectivity index (χ3v) is 6.33. The normalized spacial score (nSPS) is 12.1. The van der Waals surface area contributed by atoms with Crippen molar-refractivity contribution >= 4 is 39.2 Å². The molecule has 3 rings (SSSR count). The topological polar surface area (TPSA) is 102 Å². The predicted octanol–water partition coefficient (Wildman–Crippen LogP) is 3.65. The minimum Gasteiger partial charge on any atom is -0.465 e. The summed E-state index contributed by atoms with van der Waals surface area (Å²) >= 11 is 5.85. The highest BCUT2D eigenvalue weighted by Crippen LogP contribution is 2.17. The van der Waals surface area contributed by atoms with E-state index in [1.165, 1.54) is 55.6 Å². The van der Waals surface area contributed by atoms with Gasteiger partial charge in [-0.15, -0.1) is 0 Å². The molecule has 0 aliphatic rings. The molecule has 3 aromatic rings. The number of esters is 1. The summed E-state index contributed by atoms with van der Waals surface area (Å²) in [5, 5.41) is 3.09. The fraction of sp³-hybridized carbons (Fsp3) is 0.130. The van der Waals surface area contributed by atoms with Gasteiger partial charge in [-0.25, -0.2) is 13.2 Å². The summed E-state index contributed by atoms with van der Waals surface area (Å²) in [6, 6.07) is 19.7. The molecule has 2 N–H and O–H groups in total. The van der Waals surface area contributed by atoms with Gasteiger partial charge in [0.25, 0.3) is 0 Å². The summed E-state index contributed by atoms with van der Waals surface area (Å²) < 4.78 is 32.9. The van der Waals surface area contributed by atoms with Gasteiger partial charge >= 0.3 is 5.97 Å². The lowest BCUT2D eigenvalue weighted by Crippen LogP contribution is -2.45. The molecule has 0 spiro atoms. The van der Waals surface area contributed by atoms with Crippen molar-refractivity contribution in [3.05, 3.63) is 95.0 Å². The highest BCUT2D eigenvalue weighted by Gasteiger charge is 2.26. The van der Waals surface area contributed by atoms with Crippen LogP contribution in [-0.4, -0.2) is 33.4 Å². The van der Waals surface area contributed by atoms with Crippen LogP contribution in [0.3, 0.4) is 0 Å². The lowest BCUT2D eigenvalue weighted by molar-refractivity contribution is -0.117. The first-order valence-electron chi connectivity index (χ1n) is 9.59. The van der Waals surface area contributed by atoms with Crippen LogP contribution in [0.4, 0.5) is 5.69 Å². The minimum absolute atomic E-state index is 0.00445. The van der Waals surface area contributed by atoms with Gasteiger partial charge in [0.1, 0.15) is 6.04 Å². The number of methoxy groups -OCH3 is 1. The number of hydrogen-bond acceptors (Lipinski definition) is 5. The first-order chi connectivity index (χ1) is 15.3. The van der Waals surface area contributed by atoms with Crippen molar-refractivity contribution in [2.24, 2.45) is 0 Å². The Morgan fingerprint density at radius 1 is 0.938 bits per heavy atom. The summed E-state index contributed by atoms with van der Waals surface area (Å²) in [7, 11) is -2.71. The van der Waals surface area contributed by atoms with Crippen LogP contribution < -0.4 is 10.0 Å². The second-order valence-electron chi connectivity index (χ2n) is 6.88. The first-order valence-corrected chi connectivity index (χ1v) is 11.5. The Bertz CT molecular complexity index is 1180. The Balaban J connectivity index is 1.82. The van der Waals surface area contributed by atoms with E-state index in [-0.39, 0.29) is 11.3 Å². The highest BCUT2D eigenvalue weighted by atomic mass is 35.5. The van der Waals surface area contributed by atoms with Gasteiger partial charge in [-0.2, -0.15) is 4.72 Å². The Labute approximate surface area is 191 Å². The van der Waals surface area contributed by atoms with Gasteiger partial charge in [-0.3, -0.25) is 4.79 Å². The quantitative estimate of drug-likeness (QED) is 0.487. The summed E-state index contributed by atoms with van der Waals surface area (Å²) in [5.41, 5.74) is 1.52. The number of amides is 1. The molecule has 0 fully saturated rings. The van der Waals surface area contributed by atoms with E-state index in [2.05, 4.69) is 14.8 Å². The third kappa shape index (κ3) is 6.16. The van der Waals surface area contributed by atoms with E-state index >= 15 is 0 Å². The largest absolute Gasteiger partial charge is 0.465 e. The number of rotatable bonds is 8. The van der Waals surface area contributed by atoms with E-state index in [0.717, 1.165) is 5.56 Å². The number of anilines is 1. The zero-order valence-electron chi connectivity index (χ0n) is 17.1. The number of benzene rings is 3. The molecular formula is C23H21ClN2O5S. The molecule has 1 unspecified atom stereocenters. The standard InChI is InChI=1S/C23H21ClN2O5S/c1-31-23(28)17-7-11-19(12-8-17)25-22(27)21(15-16-5-3-2-4-6-16)26-32(29,30)20-13-9-18(24)10-14-20/h2-14,21,26H,15H2,1H3,(H,25,27). The van der Waals surface area contributed by atoms with Gasteiger partial charge in [-0.05, 0) is 60.5 Å². The lowest BCUT2D eigenvalue weighted by Gasteiger charge is -2.19. The van der Waals surface area contributed by atoms with Crippen molar-refractivity contribution in [2.45, 2.75) is 17.4 Å². The van der Waals surface area contributed by atoms with Crippen LogP contribution in [-0.2, 0) is 26.0 Å². The van der Waals surface area contributed by atoms with E-state index in [4.69, 9.17) is 11.6 Å². The molecule has 0 aliphatic heterocycles. The minimum atomic E-state index is -3.99. The zero-order valence-corrected chi connectivity index (χ0v) is 18.7. The number of carbonyl (C=O) groups is 2. The molecule has 0 saturated heterocycles. The van der Waals surface area contributed by atoms with Crippen LogP contribution in [0, 0.1) is 0 Å². The van der Waals surface area contributed by atoms with Gasteiger partial charge in [0.15, 0.2) is 0 Å². The first kappa shape index (κ1) is 23.5. The molecule has 0 aliphatic carbocycles. The fourth-order valence-corrected chi connectivity index (χ4v) is 4.27. The average molecular weight is 473 g/mol. The summed E-state index contributed by atoms with van der Waals surface area (Å²) in [5.74, 6) is -1.04. The maximum absolute atomic E-state index is 13.0. The molecule has 1 amide bonds. The molecule has 9 heteroatoms. The van der Waals surface area contributed by atoms with E-state index in [1.54, 1.807) is 0 Å². The van der Waals surface area contributed by atoms with Gasteiger partial charge in [0.2, 0.25) is 15.9 Å². The van der Waals surface area contributed by atoms with Crippen molar-refractivity contribution in [3.63, 3.8) is 0 Å². The van der Waals surface area contributed by atoms with Crippen LogP contribution in [0.2, 0.25) is 5.02 Å². The molecule has 1 atom stereocenters. The Morgan fingerprint density at radius 3 is 2.16 bits per heavy atom. The maximum atomic E-state index is 13.0. The monoisotopic (exact) mass is 472 g/mol. The number of nitrogens with one attached hydrogen (secondary N) is 2. The number of sulfonamides is 1. The Morgan fingerprint density at radius 2 is 1.56 bits per heavy atom. The molecule has 0 bridgehead atoms. The fourth-order valence-electron chi connectivity index (χ4n) is 2.94. The maximum Gasteiger partial charge on any atom is 0.337 e. The van der Waals surface area contributed by atoms with E-state index in [0.29, 0.717) is 16.3 Å². The SMILES string of the molecule is COC(=O)c1ccc(NC(=O)C(Cc2ccccc2)NS(=O)(=O)c2ccc(Cl)cc2)cc1. The summed E-state index contributed by atoms with van der Waals surface area (Å²) in [4.78, 5) is 24.6. The van der Waals surface area contributed by atoms with E-state index in [1.807, 2.05) is 30.3 Å². The van der Waals surface area contributed by atoms with Crippen molar-refractivity contribution in [3.8, 4) is 0 Å². The number of hydrogen-bond donors (Lipinski definition) is 2. The molecule has 32 heavy (non-hydrogen) atoms. The van der Waals surface area contributed by atoms with Crippen LogP contribution >= 0.6 is 11.6 Å². The lowest BCUT2D eigenvalue weighted by atomic mass is 10.1. The summed E-state index contributed by atoms with van der Waals surface area (Å²) in [6.07, 6.45) is 0.139. The van der Waals surface area contributed by atoms with Crippen LogP contribution in [0.5, 0.6) is 0 Å². The molecule has 0 saturated carbocycles. The van der Waals surface area contributed by atoms with Gasteiger partial charge in [-0.1, -0.05) is 41.9 Å².